The van der Waals surface area contributed by atoms with Crippen molar-refractivity contribution < 1.29 is 19.0 Å². The first-order chi connectivity index (χ1) is 10.2. The lowest BCUT2D eigenvalue weighted by atomic mass is 9.96. The molecule has 2 aliphatic rings. The van der Waals surface area contributed by atoms with Gasteiger partial charge in [0.25, 0.3) is 0 Å². The van der Waals surface area contributed by atoms with E-state index in [1.807, 2.05) is 25.1 Å². The highest BCUT2D eigenvalue weighted by Crippen LogP contribution is 2.38. The lowest BCUT2D eigenvalue weighted by Crippen LogP contribution is -2.30. The topological polar surface area (TPSA) is 44.8 Å². The van der Waals surface area contributed by atoms with E-state index in [9.17, 15) is 4.79 Å². The number of carbonyl (C=O) groups is 1. The third-order valence-corrected chi connectivity index (χ3v) is 4.30. The van der Waals surface area contributed by atoms with Crippen molar-refractivity contribution in [1.82, 2.24) is 0 Å². The van der Waals surface area contributed by atoms with Crippen molar-refractivity contribution in [3.8, 4) is 11.5 Å². The minimum absolute atomic E-state index is 0.137. The van der Waals surface area contributed by atoms with E-state index < -0.39 is 0 Å². The molecule has 0 spiro atoms. The number of benzene rings is 1. The summed E-state index contributed by atoms with van der Waals surface area (Å²) in [6.07, 6.45) is 1.84. The molecule has 1 heterocycles. The molecule has 1 aliphatic heterocycles. The summed E-state index contributed by atoms with van der Waals surface area (Å²) in [5.74, 6) is 2.59. The molecule has 1 aromatic carbocycles. The Balaban J connectivity index is 1.59. The Hall–Kier alpha value is -1.71. The SMILES string of the molecule is CCOc1ccc2c(c1)CC(C(=O)OCC1CC1C)CO2. The highest BCUT2D eigenvalue weighted by molar-refractivity contribution is 5.73. The molecule has 1 fully saturated rings. The Morgan fingerprint density at radius 3 is 2.95 bits per heavy atom. The van der Waals surface area contributed by atoms with Crippen LogP contribution in [0, 0.1) is 17.8 Å². The number of hydrogen-bond acceptors (Lipinski definition) is 4. The predicted molar refractivity (Wildman–Crippen MR) is 78.5 cm³/mol. The lowest BCUT2D eigenvalue weighted by molar-refractivity contribution is -0.150. The fraction of sp³-hybridized carbons (Fsp3) is 0.588. The van der Waals surface area contributed by atoms with Crippen molar-refractivity contribution in [2.24, 2.45) is 17.8 Å². The number of ether oxygens (including phenoxy) is 3. The van der Waals surface area contributed by atoms with Crippen molar-refractivity contribution in [2.75, 3.05) is 19.8 Å². The Bertz CT molecular complexity index is 526. The molecule has 0 amide bonds. The largest absolute Gasteiger partial charge is 0.494 e. The molecular weight excluding hydrogens is 268 g/mol. The lowest BCUT2D eigenvalue weighted by Gasteiger charge is -2.24. The van der Waals surface area contributed by atoms with Crippen LogP contribution in [0.2, 0.25) is 0 Å². The van der Waals surface area contributed by atoms with Crippen LogP contribution >= 0.6 is 0 Å². The summed E-state index contributed by atoms with van der Waals surface area (Å²) in [6, 6.07) is 5.77. The van der Waals surface area contributed by atoms with Crippen molar-refractivity contribution in [2.45, 2.75) is 26.7 Å². The van der Waals surface area contributed by atoms with Crippen LogP contribution in [0.15, 0.2) is 18.2 Å². The highest BCUT2D eigenvalue weighted by Gasteiger charge is 2.35. The minimum atomic E-state index is -0.205. The second-order valence-electron chi connectivity index (χ2n) is 6.02. The Morgan fingerprint density at radius 1 is 1.43 bits per heavy atom. The summed E-state index contributed by atoms with van der Waals surface area (Å²) in [5, 5.41) is 0. The van der Waals surface area contributed by atoms with Crippen LogP contribution in [0.5, 0.6) is 11.5 Å². The zero-order chi connectivity index (χ0) is 14.8. The van der Waals surface area contributed by atoms with E-state index in [2.05, 4.69) is 6.92 Å². The van der Waals surface area contributed by atoms with Gasteiger partial charge in [0, 0.05) is 0 Å². The molecular formula is C17H22O4. The second kappa shape index (κ2) is 5.96. The van der Waals surface area contributed by atoms with Gasteiger partial charge in [0.2, 0.25) is 0 Å². The van der Waals surface area contributed by atoms with Gasteiger partial charge in [-0.05, 0) is 55.4 Å². The van der Waals surface area contributed by atoms with Gasteiger partial charge in [0.15, 0.2) is 0 Å². The molecule has 4 heteroatoms. The molecule has 1 aliphatic carbocycles. The van der Waals surface area contributed by atoms with Crippen LogP contribution in [0.4, 0.5) is 0 Å². The molecule has 4 nitrogen and oxygen atoms in total. The summed E-state index contributed by atoms with van der Waals surface area (Å²) in [5.41, 5.74) is 1.02. The Morgan fingerprint density at radius 2 is 2.24 bits per heavy atom. The van der Waals surface area contributed by atoms with Gasteiger partial charge in [-0.3, -0.25) is 4.79 Å². The first-order valence-corrected chi connectivity index (χ1v) is 7.72. The van der Waals surface area contributed by atoms with E-state index in [1.54, 1.807) is 0 Å². The van der Waals surface area contributed by atoms with Gasteiger partial charge in [0.1, 0.15) is 18.1 Å². The molecule has 21 heavy (non-hydrogen) atoms. The average molecular weight is 290 g/mol. The van der Waals surface area contributed by atoms with Gasteiger partial charge >= 0.3 is 5.97 Å². The van der Waals surface area contributed by atoms with E-state index in [-0.39, 0.29) is 11.9 Å². The summed E-state index contributed by atoms with van der Waals surface area (Å²) >= 11 is 0. The summed E-state index contributed by atoms with van der Waals surface area (Å²) in [6.45, 7) is 5.73. The normalized spacial score (nSPS) is 26.5. The maximum Gasteiger partial charge on any atom is 0.312 e. The van der Waals surface area contributed by atoms with Crippen LogP contribution < -0.4 is 9.47 Å². The quantitative estimate of drug-likeness (QED) is 0.782. The van der Waals surface area contributed by atoms with Gasteiger partial charge in [-0.15, -0.1) is 0 Å². The molecule has 3 unspecified atom stereocenters. The smallest absolute Gasteiger partial charge is 0.312 e. The summed E-state index contributed by atoms with van der Waals surface area (Å²) < 4.78 is 16.6. The van der Waals surface area contributed by atoms with Crippen molar-refractivity contribution in [3.63, 3.8) is 0 Å². The third kappa shape index (κ3) is 3.31. The Kier molecular flexibility index (Phi) is 4.04. The molecule has 0 radical (unpaired) electrons. The molecule has 3 rings (SSSR count). The maximum absolute atomic E-state index is 12.1. The molecule has 1 aromatic rings. The van der Waals surface area contributed by atoms with Gasteiger partial charge < -0.3 is 14.2 Å². The van der Waals surface area contributed by atoms with Gasteiger partial charge in [-0.1, -0.05) is 6.92 Å². The number of hydrogen-bond donors (Lipinski definition) is 0. The van der Waals surface area contributed by atoms with E-state index in [0.717, 1.165) is 17.1 Å². The number of carbonyl (C=O) groups excluding carboxylic acids is 1. The van der Waals surface area contributed by atoms with Gasteiger partial charge in [-0.25, -0.2) is 0 Å². The molecule has 0 aromatic heterocycles. The molecule has 114 valence electrons. The second-order valence-corrected chi connectivity index (χ2v) is 6.02. The van der Waals surface area contributed by atoms with Crippen LogP contribution in [0.25, 0.3) is 0 Å². The van der Waals surface area contributed by atoms with E-state index in [4.69, 9.17) is 14.2 Å². The van der Waals surface area contributed by atoms with Gasteiger partial charge in [-0.2, -0.15) is 0 Å². The number of esters is 1. The minimum Gasteiger partial charge on any atom is -0.494 e. The van der Waals surface area contributed by atoms with Crippen LogP contribution in [-0.2, 0) is 16.0 Å². The van der Waals surface area contributed by atoms with Crippen molar-refractivity contribution >= 4 is 5.97 Å². The number of fused-ring (bicyclic) bond motifs is 1. The first kappa shape index (κ1) is 14.2. The Labute approximate surface area is 125 Å². The fourth-order valence-electron chi connectivity index (χ4n) is 2.72. The maximum atomic E-state index is 12.1. The average Bonchev–Trinajstić information content (AvgIpc) is 3.20. The van der Waals surface area contributed by atoms with E-state index in [1.165, 1.54) is 6.42 Å². The van der Waals surface area contributed by atoms with E-state index in [0.29, 0.717) is 38.1 Å². The van der Waals surface area contributed by atoms with Crippen molar-refractivity contribution in [1.29, 1.82) is 0 Å². The molecule has 0 saturated heterocycles. The van der Waals surface area contributed by atoms with Crippen LogP contribution in [0.1, 0.15) is 25.8 Å². The fourth-order valence-corrected chi connectivity index (χ4v) is 2.72. The summed E-state index contributed by atoms with van der Waals surface area (Å²) in [4.78, 5) is 12.1. The standard InChI is InChI=1S/C17H22O4/c1-3-19-15-4-5-16-12(8-15)7-14(10-20-16)17(18)21-9-13-6-11(13)2/h4-5,8,11,13-14H,3,6-7,9-10H2,1-2H3. The van der Waals surface area contributed by atoms with E-state index >= 15 is 0 Å². The molecule has 3 atom stereocenters. The zero-order valence-corrected chi connectivity index (χ0v) is 12.6. The number of rotatable bonds is 5. The molecule has 0 bridgehead atoms. The van der Waals surface area contributed by atoms with Gasteiger partial charge in [0.05, 0.1) is 19.1 Å². The van der Waals surface area contributed by atoms with Crippen LogP contribution in [-0.4, -0.2) is 25.8 Å². The highest BCUT2D eigenvalue weighted by atomic mass is 16.5. The molecule has 0 N–H and O–H groups in total. The third-order valence-electron chi connectivity index (χ3n) is 4.30. The summed E-state index contributed by atoms with van der Waals surface area (Å²) in [7, 11) is 0. The molecule has 1 saturated carbocycles. The zero-order valence-electron chi connectivity index (χ0n) is 12.6. The van der Waals surface area contributed by atoms with Crippen LogP contribution in [0.3, 0.4) is 0 Å². The first-order valence-electron chi connectivity index (χ1n) is 7.72. The monoisotopic (exact) mass is 290 g/mol. The van der Waals surface area contributed by atoms with Crippen molar-refractivity contribution in [3.05, 3.63) is 23.8 Å². The predicted octanol–water partition coefficient (Wildman–Crippen LogP) is 2.84.